The summed E-state index contributed by atoms with van der Waals surface area (Å²) in [7, 11) is -3.86. The Morgan fingerprint density at radius 1 is 0.979 bits per heavy atom. The number of aliphatic hydroxyl groups excluding tert-OH is 1. The lowest BCUT2D eigenvalue weighted by atomic mass is 9.64. The van der Waals surface area contributed by atoms with E-state index >= 15 is 0 Å². The number of rotatable bonds is 9. The summed E-state index contributed by atoms with van der Waals surface area (Å²) in [4.78, 5) is 15.3. The lowest BCUT2D eigenvalue weighted by Gasteiger charge is -2.46. The van der Waals surface area contributed by atoms with Crippen LogP contribution < -0.4 is 0 Å². The van der Waals surface area contributed by atoms with Gasteiger partial charge in [-0.25, -0.2) is 8.42 Å². The highest BCUT2D eigenvalue weighted by Gasteiger charge is 2.58. The van der Waals surface area contributed by atoms with Crippen LogP contribution in [0.1, 0.15) is 90.2 Å². The Morgan fingerprint density at radius 2 is 1.75 bits per heavy atom. The van der Waals surface area contributed by atoms with Crippen molar-refractivity contribution in [1.82, 2.24) is 4.31 Å². The molecule has 0 spiro atoms. The van der Waals surface area contributed by atoms with Gasteiger partial charge in [-0.2, -0.15) is 4.31 Å². The maximum atomic E-state index is 14.2. The van der Waals surface area contributed by atoms with E-state index in [0.717, 1.165) is 22.4 Å². The molecule has 2 aromatic carbocycles. The Labute approximate surface area is 292 Å². The van der Waals surface area contributed by atoms with E-state index in [2.05, 4.69) is 19.9 Å². The number of benzene rings is 2. The quantitative estimate of drug-likeness (QED) is 0.136. The van der Waals surface area contributed by atoms with E-state index < -0.39 is 27.1 Å². The molecule has 9 heteroatoms. The highest BCUT2D eigenvalue weighted by Crippen LogP contribution is 2.59. The lowest BCUT2D eigenvalue weighted by Crippen LogP contribution is -2.54. The average molecular weight is 704 g/mol. The minimum absolute atomic E-state index is 0.0272. The number of fused-ring (bicyclic) bond motifs is 8. The SMILES string of the molecule is CC1=CCCC2(C)C(CCC2(O)CN(CCc2cccs2)S(=O)(=O)c2cccs2)c2ccc(cc2C(=O)c2ccccc2)CC(O)CC1. The van der Waals surface area contributed by atoms with Crippen molar-refractivity contribution >= 4 is 38.5 Å². The lowest BCUT2D eigenvalue weighted by molar-refractivity contribution is -0.0722. The van der Waals surface area contributed by atoms with Crippen molar-refractivity contribution < 1.29 is 23.4 Å². The van der Waals surface area contributed by atoms with Crippen LogP contribution in [0.4, 0.5) is 0 Å². The fourth-order valence-electron chi connectivity index (χ4n) is 7.74. The summed E-state index contributed by atoms with van der Waals surface area (Å²) in [5.74, 6) is -0.273. The van der Waals surface area contributed by atoms with Crippen LogP contribution in [0.3, 0.4) is 0 Å². The van der Waals surface area contributed by atoms with Crippen LogP contribution in [0.25, 0.3) is 0 Å². The van der Waals surface area contributed by atoms with Crippen LogP contribution in [0, 0.1) is 5.41 Å². The van der Waals surface area contributed by atoms with Gasteiger partial charge in [0.2, 0.25) is 0 Å². The molecule has 4 unspecified atom stereocenters. The van der Waals surface area contributed by atoms with Crippen molar-refractivity contribution in [3.8, 4) is 0 Å². The third kappa shape index (κ3) is 7.18. The number of carbonyl (C=O) groups is 1. The molecule has 0 saturated heterocycles. The molecule has 1 saturated carbocycles. The monoisotopic (exact) mass is 703 g/mol. The van der Waals surface area contributed by atoms with Gasteiger partial charge in [0, 0.05) is 34.5 Å². The molecule has 0 amide bonds. The Hall–Kier alpha value is -2.92. The van der Waals surface area contributed by atoms with E-state index in [-0.39, 0.29) is 29.0 Å². The number of thiophene rings is 2. The van der Waals surface area contributed by atoms with Crippen molar-refractivity contribution in [1.29, 1.82) is 0 Å². The van der Waals surface area contributed by atoms with Crippen molar-refractivity contribution in [2.75, 3.05) is 13.1 Å². The van der Waals surface area contributed by atoms with Gasteiger partial charge in [-0.1, -0.05) is 73.2 Å². The first kappa shape index (κ1) is 34.9. The normalized spacial score (nSPS) is 25.1. The number of hydrogen-bond acceptors (Lipinski definition) is 7. The molecule has 7 rings (SSSR count). The summed E-state index contributed by atoms with van der Waals surface area (Å²) in [5, 5.41) is 27.6. The summed E-state index contributed by atoms with van der Waals surface area (Å²) >= 11 is 2.80. The second-order valence-corrected chi connectivity index (χ2v) is 17.9. The zero-order valence-electron chi connectivity index (χ0n) is 27.7. The number of carbonyl (C=O) groups excluding carboxylic acids is 1. The fourth-order valence-corrected chi connectivity index (χ4v) is 11.1. The topological polar surface area (TPSA) is 94.9 Å². The summed E-state index contributed by atoms with van der Waals surface area (Å²) in [5.41, 5.74) is 2.07. The number of allylic oxidation sites excluding steroid dienone is 2. The molecular weight excluding hydrogens is 659 g/mol. The van der Waals surface area contributed by atoms with E-state index in [1.165, 1.54) is 21.2 Å². The van der Waals surface area contributed by atoms with Crippen LogP contribution in [0.15, 0.2) is 99.4 Å². The second kappa shape index (κ2) is 14.5. The van der Waals surface area contributed by atoms with E-state index in [9.17, 15) is 23.4 Å². The minimum atomic E-state index is -3.86. The summed E-state index contributed by atoms with van der Waals surface area (Å²) in [6.07, 6.45) is 6.41. The van der Waals surface area contributed by atoms with Gasteiger partial charge in [0.1, 0.15) is 4.21 Å². The molecule has 6 nitrogen and oxygen atoms in total. The molecule has 4 atom stereocenters. The van der Waals surface area contributed by atoms with Gasteiger partial charge in [0.25, 0.3) is 10.0 Å². The number of ketones is 1. The molecule has 1 fully saturated rings. The van der Waals surface area contributed by atoms with E-state index in [1.54, 1.807) is 28.8 Å². The highest BCUT2D eigenvalue weighted by molar-refractivity contribution is 7.91. The van der Waals surface area contributed by atoms with Crippen LogP contribution in [-0.2, 0) is 22.9 Å². The zero-order chi connectivity index (χ0) is 33.9. The Morgan fingerprint density at radius 3 is 2.48 bits per heavy atom. The molecule has 48 heavy (non-hydrogen) atoms. The maximum absolute atomic E-state index is 14.2. The highest BCUT2D eigenvalue weighted by atomic mass is 32.2. The molecule has 3 aliphatic carbocycles. The van der Waals surface area contributed by atoms with Crippen LogP contribution >= 0.6 is 22.7 Å². The number of hydrogen-bond donors (Lipinski definition) is 2. The maximum Gasteiger partial charge on any atom is 0.252 e. The molecule has 2 N–H and O–H groups in total. The van der Waals surface area contributed by atoms with E-state index in [1.807, 2.05) is 66.0 Å². The predicted molar refractivity (Wildman–Crippen MR) is 194 cm³/mol. The number of aliphatic hydroxyl groups is 2. The predicted octanol–water partition coefficient (Wildman–Crippen LogP) is 8.01. The van der Waals surface area contributed by atoms with Crippen LogP contribution in [-0.4, -0.2) is 53.5 Å². The summed E-state index contributed by atoms with van der Waals surface area (Å²) < 4.78 is 30.1. The molecule has 254 valence electrons. The van der Waals surface area contributed by atoms with Gasteiger partial charge in [-0.05, 0) is 104 Å². The molecule has 3 aliphatic rings. The fraction of sp³-hybridized carbons (Fsp3) is 0.410. The standard InChI is InChI=1S/C39H45NO5S3/c1-28-9-6-20-38(2)35(33-17-15-29(25-31(41)16-14-28)26-34(33)37(42)30-10-4-3-5-11-30)18-21-39(38,43)27-40(22-19-32-12-7-23-46-32)48(44,45)36-13-8-24-47-36/h3-5,7-13,15,17,23-24,26,31,35,41,43H,6,14,16,18-22,25,27H2,1-2H3. The first-order valence-corrected chi connectivity index (χ1v) is 20.0. The number of sulfonamides is 1. The summed E-state index contributed by atoms with van der Waals surface area (Å²) in [6.45, 7) is 4.42. The largest absolute Gasteiger partial charge is 0.393 e. The smallest absolute Gasteiger partial charge is 0.252 e. The van der Waals surface area contributed by atoms with Gasteiger partial charge in [0.15, 0.2) is 5.78 Å². The summed E-state index contributed by atoms with van der Waals surface area (Å²) in [6, 6.07) is 22.6. The average Bonchev–Trinajstić information content (AvgIpc) is 3.85. The van der Waals surface area contributed by atoms with Gasteiger partial charge in [-0.3, -0.25) is 4.79 Å². The molecule has 0 radical (unpaired) electrons. The third-order valence-electron chi connectivity index (χ3n) is 10.7. The molecular formula is C39H45NO5S3. The van der Waals surface area contributed by atoms with Gasteiger partial charge in [0.05, 0.1) is 11.7 Å². The Kier molecular flexibility index (Phi) is 10.6. The van der Waals surface area contributed by atoms with Crippen molar-refractivity contribution in [3.05, 3.63) is 122 Å². The Bertz CT molecular complexity index is 1840. The zero-order valence-corrected chi connectivity index (χ0v) is 30.1. The third-order valence-corrected chi connectivity index (χ3v) is 14.8. The molecule has 2 aromatic heterocycles. The minimum Gasteiger partial charge on any atom is -0.393 e. The van der Waals surface area contributed by atoms with Gasteiger partial charge in [-0.15, -0.1) is 22.7 Å². The van der Waals surface area contributed by atoms with E-state index in [0.29, 0.717) is 56.1 Å². The Balaban J connectivity index is 1.43. The first-order valence-electron chi connectivity index (χ1n) is 16.8. The first-order chi connectivity index (χ1) is 23.0. The second-order valence-electron chi connectivity index (χ2n) is 13.7. The molecule has 2 heterocycles. The number of nitrogens with zero attached hydrogens (tertiary/aromatic N) is 1. The van der Waals surface area contributed by atoms with Crippen molar-refractivity contribution in [3.63, 3.8) is 0 Å². The molecule has 0 aliphatic heterocycles. The molecule has 4 aromatic rings. The van der Waals surface area contributed by atoms with Crippen LogP contribution in [0.5, 0.6) is 0 Å². The van der Waals surface area contributed by atoms with Crippen molar-refractivity contribution in [2.24, 2.45) is 5.41 Å². The van der Waals surface area contributed by atoms with Gasteiger partial charge >= 0.3 is 0 Å². The van der Waals surface area contributed by atoms with Crippen LogP contribution in [0.2, 0.25) is 0 Å². The van der Waals surface area contributed by atoms with Crippen molar-refractivity contribution in [2.45, 2.75) is 87.0 Å². The molecule has 2 bridgehead atoms. The van der Waals surface area contributed by atoms with Gasteiger partial charge < -0.3 is 10.2 Å². The van der Waals surface area contributed by atoms with E-state index in [4.69, 9.17) is 0 Å².